The third-order valence-corrected chi connectivity index (χ3v) is 3.88. The average Bonchev–Trinajstić information content (AvgIpc) is 2.39. The first kappa shape index (κ1) is 14.5. The molecule has 0 aliphatic carbocycles. The van der Waals surface area contributed by atoms with Gasteiger partial charge in [-0.1, -0.05) is 12.1 Å². The van der Waals surface area contributed by atoms with Crippen LogP contribution in [0.1, 0.15) is 19.8 Å². The molecule has 1 fully saturated rings. The molecule has 1 aliphatic rings. The van der Waals surface area contributed by atoms with Crippen molar-refractivity contribution >= 4 is 27.5 Å². The monoisotopic (exact) mass is 326 g/mol. The minimum atomic E-state index is -0.0222. The minimum absolute atomic E-state index is 0.0222. The molecule has 104 valence electrons. The number of hydrogen-bond donors (Lipinski definition) is 2. The van der Waals surface area contributed by atoms with E-state index < -0.39 is 0 Å². The molecule has 19 heavy (non-hydrogen) atoms. The molecule has 1 heterocycles. The van der Waals surface area contributed by atoms with Crippen molar-refractivity contribution in [3.05, 3.63) is 28.7 Å². The van der Waals surface area contributed by atoms with Gasteiger partial charge in [0.2, 0.25) is 5.91 Å². The van der Waals surface area contributed by atoms with Crippen molar-refractivity contribution in [3.63, 3.8) is 0 Å². The largest absolute Gasteiger partial charge is 0.378 e. The Bertz CT molecular complexity index is 439. The van der Waals surface area contributed by atoms with Gasteiger partial charge in [-0.2, -0.15) is 0 Å². The number of hydrogen-bond acceptors (Lipinski definition) is 3. The first-order chi connectivity index (χ1) is 9.15. The van der Waals surface area contributed by atoms with Crippen LogP contribution >= 0.6 is 15.9 Å². The summed E-state index contributed by atoms with van der Waals surface area (Å²) in [5.74, 6) is -0.0222. The van der Waals surface area contributed by atoms with Gasteiger partial charge in [0, 0.05) is 17.1 Å². The predicted octanol–water partition coefficient (Wildman–Crippen LogP) is 2.54. The van der Waals surface area contributed by atoms with E-state index in [0.717, 1.165) is 29.6 Å². The molecule has 1 amide bonds. The summed E-state index contributed by atoms with van der Waals surface area (Å²) in [6.07, 6.45) is 2.20. The summed E-state index contributed by atoms with van der Waals surface area (Å²) in [6, 6.07) is 7.96. The number of rotatable bonds is 4. The molecule has 0 aromatic heterocycles. The average molecular weight is 327 g/mol. The zero-order valence-corrected chi connectivity index (χ0v) is 12.6. The van der Waals surface area contributed by atoms with Gasteiger partial charge in [0.15, 0.2) is 0 Å². The number of benzene rings is 1. The summed E-state index contributed by atoms with van der Waals surface area (Å²) in [7, 11) is 0. The molecule has 0 radical (unpaired) electrons. The molecule has 0 bridgehead atoms. The summed E-state index contributed by atoms with van der Waals surface area (Å²) < 4.78 is 6.37. The maximum atomic E-state index is 11.9. The molecule has 1 aromatic rings. The van der Waals surface area contributed by atoms with Gasteiger partial charge in [-0.15, -0.1) is 0 Å². The van der Waals surface area contributed by atoms with Crippen LogP contribution in [-0.4, -0.2) is 31.2 Å². The van der Waals surface area contributed by atoms with Gasteiger partial charge in [0.25, 0.3) is 0 Å². The van der Waals surface area contributed by atoms with Gasteiger partial charge >= 0.3 is 0 Å². The molecule has 2 rings (SSSR count). The van der Waals surface area contributed by atoms with Crippen molar-refractivity contribution in [3.8, 4) is 0 Å². The molecule has 1 saturated heterocycles. The van der Waals surface area contributed by atoms with Crippen molar-refractivity contribution in [2.75, 3.05) is 18.5 Å². The van der Waals surface area contributed by atoms with E-state index in [4.69, 9.17) is 4.74 Å². The fourth-order valence-electron chi connectivity index (χ4n) is 2.18. The van der Waals surface area contributed by atoms with Crippen LogP contribution in [0.5, 0.6) is 0 Å². The summed E-state index contributed by atoms with van der Waals surface area (Å²) >= 11 is 3.41. The Morgan fingerprint density at radius 2 is 2.26 bits per heavy atom. The lowest BCUT2D eigenvalue weighted by atomic mass is 10.0. The second-order valence-electron chi connectivity index (χ2n) is 4.81. The van der Waals surface area contributed by atoms with Crippen LogP contribution in [-0.2, 0) is 9.53 Å². The van der Waals surface area contributed by atoms with Crippen LogP contribution in [0, 0.1) is 0 Å². The second-order valence-corrected chi connectivity index (χ2v) is 5.67. The highest BCUT2D eigenvalue weighted by molar-refractivity contribution is 9.10. The quantitative estimate of drug-likeness (QED) is 0.894. The van der Waals surface area contributed by atoms with Crippen LogP contribution in [0.15, 0.2) is 28.7 Å². The predicted molar refractivity (Wildman–Crippen MR) is 79.2 cm³/mol. The molecular formula is C14H19BrN2O2. The van der Waals surface area contributed by atoms with Gasteiger partial charge in [-0.3, -0.25) is 4.79 Å². The highest BCUT2D eigenvalue weighted by Crippen LogP contribution is 2.20. The molecule has 0 spiro atoms. The van der Waals surface area contributed by atoms with E-state index in [1.165, 1.54) is 0 Å². The molecule has 1 aromatic carbocycles. The van der Waals surface area contributed by atoms with Crippen molar-refractivity contribution in [1.82, 2.24) is 5.32 Å². The molecule has 5 heteroatoms. The second kappa shape index (κ2) is 7.03. The lowest BCUT2D eigenvalue weighted by Crippen LogP contribution is -2.41. The Morgan fingerprint density at radius 3 is 3.00 bits per heavy atom. The number of halogens is 1. The molecule has 0 saturated carbocycles. The maximum absolute atomic E-state index is 11.9. The van der Waals surface area contributed by atoms with Crippen molar-refractivity contribution < 1.29 is 9.53 Å². The molecule has 2 unspecified atom stereocenters. The van der Waals surface area contributed by atoms with E-state index in [1.807, 2.05) is 24.3 Å². The van der Waals surface area contributed by atoms with Crippen LogP contribution in [0.4, 0.5) is 5.69 Å². The lowest BCUT2D eigenvalue weighted by molar-refractivity contribution is -0.115. The van der Waals surface area contributed by atoms with E-state index in [9.17, 15) is 4.79 Å². The van der Waals surface area contributed by atoms with Crippen molar-refractivity contribution in [1.29, 1.82) is 0 Å². The third-order valence-electron chi connectivity index (χ3n) is 3.18. The molecule has 2 N–H and O–H groups in total. The van der Waals surface area contributed by atoms with Gasteiger partial charge in [0.05, 0.1) is 18.3 Å². The van der Waals surface area contributed by atoms with E-state index in [2.05, 4.69) is 33.5 Å². The van der Waals surface area contributed by atoms with Gasteiger partial charge in [-0.05, 0) is 47.8 Å². The Balaban J connectivity index is 1.77. The number of anilines is 1. The number of carbonyl (C=O) groups is 1. The zero-order valence-electron chi connectivity index (χ0n) is 11.0. The van der Waals surface area contributed by atoms with Crippen LogP contribution in [0.25, 0.3) is 0 Å². The molecule has 4 nitrogen and oxygen atoms in total. The normalized spacial score (nSPS) is 23.1. The van der Waals surface area contributed by atoms with Crippen LogP contribution in [0.2, 0.25) is 0 Å². The number of nitrogens with one attached hydrogen (secondary N) is 2. The highest BCUT2D eigenvalue weighted by Gasteiger charge is 2.19. The van der Waals surface area contributed by atoms with Gasteiger partial charge < -0.3 is 15.4 Å². The molecular weight excluding hydrogens is 308 g/mol. The van der Waals surface area contributed by atoms with E-state index in [-0.39, 0.29) is 12.0 Å². The number of carbonyl (C=O) groups excluding carboxylic acids is 1. The van der Waals surface area contributed by atoms with E-state index in [1.54, 1.807) is 0 Å². The standard InChI is InChI=1S/C14H19BrN2O2/c1-10-8-11(6-7-19-10)16-9-14(18)17-13-5-3-2-4-12(13)15/h2-5,10-11,16H,6-9H2,1H3,(H,17,18). The fraction of sp³-hybridized carbons (Fsp3) is 0.500. The fourth-order valence-corrected chi connectivity index (χ4v) is 2.56. The number of amides is 1. The summed E-state index contributed by atoms with van der Waals surface area (Å²) in [4.78, 5) is 11.9. The highest BCUT2D eigenvalue weighted by atomic mass is 79.9. The zero-order chi connectivity index (χ0) is 13.7. The summed E-state index contributed by atoms with van der Waals surface area (Å²) in [5, 5.41) is 6.17. The van der Waals surface area contributed by atoms with Crippen molar-refractivity contribution in [2.24, 2.45) is 0 Å². The van der Waals surface area contributed by atoms with E-state index >= 15 is 0 Å². The number of para-hydroxylation sites is 1. The van der Waals surface area contributed by atoms with Crippen molar-refractivity contribution in [2.45, 2.75) is 31.9 Å². The van der Waals surface area contributed by atoms with Gasteiger partial charge in [0.1, 0.15) is 0 Å². The molecule has 2 atom stereocenters. The Morgan fingerprint density at radius 1 is 1.47 bits per heavy atom. The maximum Gasteiger partial charge on any atom is 0.238 e. The van der Waals surface area contributed by atoms with Gasteiger partial charge in [-0.25, -0.2) is 0 Å². The first-order valence-electron chi connectivity index (χ1n) is 6.54. The van der Waals surface area contributed by atoms with Crippen LogP contribution in [0.3, 0.4) is 0 Å². The SMILES string of the molecule is CC1CC(NCC(=O)Nc2ccccc2Br)CCO1. The summed E-state index contributed by atoms with van der Waals surface area (Å²) in [6.45, 7) is 3.17. The third kappa shape index (κ3) is 4.60. The smallest absolute Gasteiger partial charge is 0.238 e. The Hall–Kier alpha value is -0.910. The Kier molecular flexibility index (Phi) is 5.36. The lowest BCUT2D eigenvalue weighted by Gasteiger charge is -2.27. The topological polar surface area (TPSA) is 50.4 Å². The minimum Gasteiger partial charge on any atom is -0.378 e. The molecule has 1 aliphatic heterocycles. The first-order valence-corrected chi connectivity index (χ1v) is 7.34. The number of ether oxygens (including phenoxy) is 1. The summed E-state index contributed by atoms with van der Waals surface area (Å²) in [5.41, 5.74) is 0.801. The van der Waals surface area contributed by atoms with E-state index in [0.29, 0.717) is 12.6 Å². The van der Waals surface area contributed by atoms with Crippen LogP contribution < -0.4 is 10.6 Å². The Labute approximate surface area is 122 Å².